The largest absolute Gasteiger partial charge is 0.305 e. The molecule has 2 N–H and O–H groups in total. The molecule has 0 saturated heterocycles. The van der Waals surface area contributed by atoms with E-state index in [4.69, 9.17) is 0 Å². The predicted molar refractivity (Wildman–Crippen MR) is 69.7 cm³/mol. The third kappa shape index (κ3) is 2.80. The Bertz CT molecular complexity index is 299. The zero-order valence-electron chi connectivity index (χ0n) is 10.1. The predicted octanol–water partition coefficient (Wildman–Crippen LogP) is 2.73. The highest BCUT2D eigenvalue weighted by Gasteiger charge is 2.28. The molecule has 3 unspecified atom stereocenters. The van der Waals surface area contributed by atoms with Gasteiger partial charge in [-0.2, -0.15) is 16.9 Å². The molecule has 16 heavy (non-hydrogen) atoms. The number of hydrogen-bond acceptors (Lipinski definition) is 3. The quantitative estimate of drug-likeness (QED) is 0.830. The van der Waals surface area contributed by atoms with Gasteiger partial charge in [0.15, 0.2) is 0 Å². The van der Waals surface area contributed by atoms with Crippen molar-refractivity contribution in [2.75, 3.05) is 5.75 Å². The van der Waals surface area contributed by atoms with Gasteiger partial charge in [0.2, 0.25) is 0 Å². The molecule has 0 bridgehead atoms. The monoisotopic (exact) mass is 239 g/mol. The van der Waals surface area contributed by atoms with Crippen LogP contribution >= 0.6 is 11.8 Å². The Balaban J connectivity index is 1.88. The molecule has 1 fully saturated rings. The van der Waals surface area contributed by atoms with Crippen molar-refractivity contribution in [1.29, 1.82) is 0 Å². The van der Waals surface area contributed by atoms with E-state index in [9.17, 15) is 0 Å². The lowest BCUT2D eigenvalue weighted by Crippen LogP contribution is -2.36. The van der Waals surface area contributed by atoms with Crippen LogP contribution in [0.15, 0.2) is 12.3 Å². The van der Waals surface area contributed by atoms with Crippen molar-refractivity contribution in [2.24, 2.45) is 0 Å². The fraction of sp³-hybridized carbons (Fsp3) is 0.750. The standard InChI is InChI=1S/C12H21N3S/c1-3-16-12-6-4-5-11(12)14-9(2)10-7-8-13-15-10/h7-9,11-12,14H,3-6H2,1-2H3,(H,13,15). The summed E-state index contributed by atoms with van der Waals surface area (Å²) in [4.78, 5) is 0. The van der Waals surface area contributed by atoms with Crippen molar-refractivity contribution < 1.29 is 0 Å². The fourth-order valence-electron chi connectivity index (χ4n) is 2.45. The Morgan fingerprint density at radius 3 is 3.19 bits per heavy atom. The first-order valence-corrected chi connectivity index (χ1v) is 7.23. The van der Waals surface area contributed by atoms with Gasteiger partial charge in [0.05, 0.1) is 5.69 Å². The summed E-state index contributed by atoms with van der Waals surface area (Å²) in [6.07, 6.45) is 5.87. The van der Waals surface area contributed by atoms with Crippen LogP contribution in [0.4, 0.5) is 0 Å². The van der Waals surface area contributed by atoms with Crippen LogP contribution in [0.5, 0.6) is 0 Å². The Morgan fingerprint density at radius 1 is 1.62 bits per heavy atom. The Hall–Kier alpha value is -0.480. The Morgan fingerprint density at radius 2 is 2.50 bits per heavy atom. The minimum Gasteiger partial charge on any atom is -0.305 e. The number of hydrogen-bond donors (Lipinski definition) is 2. The number of H-pyrrole nitrogens is 1. The van der Waals surface area contributed by atoms with Crippen molar-refractivity contribution in [3.63, 3.8) is 0 Å². The second-order valence-corrected chi connectivity index (χ2v) is 5.95. The summed E-state index contributed by atoms with van der Waals surface area (Å²) in [5.41, 5.74) is 1.19. The molecular formula is C12H21N3S. The SMILES string of the molecule is CCSC1CCCC1NC(C)c1ccn[nH]1. The smallest absolute Gasteiger partial charge is 0.0518 e. The average molecular weight is 239 g/mol. The van der Waals surface area contributed by atoms with E-state index in [1.807, 2.05) is 6.20 Å². The van der Waals surface area contributed by atoms with Crippen molar-refractivity contribution in [3.05, 3.63) is 18.0 Å². The second kappa shape index (κ2) is 5.73. The topological polar surface area (TPSA) is 40.7 Å². The Labute approximate surface area is 102 Å². The minimum atomic E-state index is 0.380. The van der Waals surface area contributed by atoms with Crippen LogP contribution in [0.25, 0.3) is 0 Å². The van der Waals surface area contributed by atoms with Crippen LogP contribution in [0.3, 0.4) is 0 Å². The molecule has 90 valence electrons. The van der Waals surface area contributed by atoms with Crippen LogP contribution in [-0.2, 0) is 0 Å². The Kier molecular flexibility index (Phi) is 4.29. The molecule has 1 aromatic rings. The van der Waals surface area contributed by atoms with Crippen LogP contribution in [0.2, 0.25) is 0 Å². The van der Waals surface area contributed by atoms with Crippen LogP contribution in [0, 0.1) is 0 Å². The molecule has 0 aliphatic heterocycles. The van der Waals surface area contributed by atoms with E-state index in [0.29, 0.717) is 12.1 Å². The number of rotatable bonds is 5. The summed E-state index contributed by atoms with van der Waals surface area (Å²) in [6.45, 7) is 4.46. The van der Waals surface area contributed by atoms with Gasteiger partial charge in [0, 0.05) is 23.5 Å². The van der Waals surface area contributed by atoms with Gasteiger partial charge in [-0.25, -0.2) is 0 Å². The third-order valence-electron chi connectivity index (χ3n) is 3.29. The molecule has 1 saturated carbocycles. The summed E-state index contributed by atoms with van der Waals surface area (Å²) in [6, 6.07) is 3.10. The highest BCUT2D eigenvalue weighted by Crippen LogP contribution is 2.31. The molecule has 0 spiro atoms. The summed E-state index contributed by atoms with van der Waals surface area (Å²) in [5.74, 6) is 1.22. The van der Waals surface area contributed by atoms with E-state index in [1.165, 1.54) is 30.7 Å². The van der Waals surface area contributed by atoms with E-state index >= 15 is 0 Å². The maximum absolute atomic E-state index is 4.00. The molecule has 0 aromatic carbocycles. The maximum atomic E-state index is 4.00. The summed E-state index contributed by atoms with van der Waals surface area (Å²) in [5, 5.41) is 11.6. The number of nitrogens with zero attached hydrogens (tertiary/aromatic N) is 1. The van der Waals surface area contributed by atoms with Gasteiger partial charge in [-0.05, 0) is 31.6 Å². The van der Waals surface area contributed by atoms with Crippen molar-refractivity contribution in [2.45, 2.75) is 50.4 Å². The van der Waals surface area contributed by atoms with Crippen molar-refractivity contribution in [1.82, 2.24) is 15.5 Å². The molecule has 4 heteroatoms. The molecule has 1 aliphatic rings. The summed E-state index contributed by atoms with van der Waals surface area (Å²) in [7, 11) is 0. The van der Waals surface area contributed by atoms with Gasteiger partial charge in [-0.15, -0.1) is 0 Å². The average Bonchev–Trinajstić information content (AvgIpc) is 2.90. The van der Waals surface area contributed by atoms with Gasteiger partial charge in [-0.1, -0.05) is 13.3 Å². The van der Waals surface area contributed by atoms with Gasteiger partial charge in [-0.3, -0.25) is 5.10 Å². The molecule has 0 amide bonds. The molecule has 3 atom stereocenters. The highest BCUT2D eigenvalue weighted by atomic mass is 32.2. The second-order valence-electron chi connectivity index (χ2n) is 4.43. The van der Waals surface area contributed by atoms with Crippen molar-refractivity contribution in [3.8, 4) is 0 Å². The van der Waals surface area contributed by atoms with Crippen LogP contribution in [-0.4, -0.2) is 27.2 Å². The van der Waals surface area contributed by atoms with Gasteiger partial charge in [0.25, 0.3) is 0 Å². The normalized spacial score (nSPS) is 27.1. The van der Waals surface area contributed by atoms with Crippen LogP contribution < -0.4 is 5.32 Å². The molecule has 3 nitrogen and oxygen atoms in total. The zero-order valence-corrected chi connectivity index (χ0v) is 10.9. The third-order valence-corrected chi connectivity index (χ3v) is 4.61. The molecule has 2 rings (SSSR count). The zero-order chi connectivity index (χ0) is 11.4. The number of aromatic nitrogens is 2. The van der Waals surface area contributed by atoms with Crippen LogP contribution in [0.1, 0.15) is 44.8 Å². The summed E-state index contributed by atoms with van der Waals surface area (Å²) >= 11 is 2.10. The first kappa shape index (κ1) is 12.0. The van der Waals surface area contributed by atoms with E-state index in [2.05, 4.69) is 47.2 Å². The minimum absolute atomic E-state index is 0.380. The number of aromatic amines is 1. The van der Waals surface area contributed by atoms with Crippen molar-refractivity contribution >= 4 is 11.8 Å². The lowest BCUT2D eigenvalue weighted by molar-refractivity contribution is 0.460. The number of thioether (sulfide) groups is 1. The highest BCUT2D eigenvalue weighted by molar-refractivity contribution is 7.99. The molecule has 1 heterocycles. The van der Waals surface area contributed by atoms with Gasteiger partial charge >= 0.3 is 0 Å². The lowest BCUT2D eigenvalue weighted by Gasteiger charge is -2.23. The molecular weight excluding hydrogens is 218 g/mol. The van der Waals surface area contributed by atoms with E-state index < -0.39 is 0 Å². The fourth-order valence-corrected chi connectivity index (χ4v) is 3.66. The van der Waals surface area contributed by atoms with Gasteiger partial charge in [0.1, 0.15) is 0 Å². The first-order chi connectivity index (χ1) is 7.81. The molecule has 1 aliphatic carbocycles. The van der Waals surface area contributed by atoms with Gasteiger partial charge < -0.3 is 5.32 Å². The first-order valence-electron chi connectivity index (χ1n) is 6.18. The molecule has 0 radical (unpaired) electrons. The van der Waals surface area contributed by atoms with E-state index in [1.54, 1.807) is 0 Å². The molecule has 1 aromatic heterocycles. The number of nitrogens with one attached hydrogen (secondary N) is 2. The van der Waals surface area contributed by atoms with E-state index in [0.717, 1.165) is 5.25 Å². The summed E-state index contributed by atoms with van der Waals surface area (Å²) < 4.78 is 0. The maximum Gasteiger partial charge on any atom is 0.0518 e. The lowest BCUT2D eigenvalue weighted by atomic mass is 10.2. The van der Waals surface area contributed by atoms with E-state index in [-0.39, 0.29) is 0 Å².